The zero-order valence-corrected chi connectivity index (χ0v) is 8.78. The van der Waals surface area contributed by atoms with E-state index in [2.05, 4.69) is 31.8 Å². The van der Waals surface area contributed by atoms with Gasteiger partial charge in [0.25, 0.3) is 0 Å². The van der Waals surface area contributed by atoms with E-state index in [1.807, 2.05) is 13.8 Å². The number of aromatic amines is 1. The van der Waals surface area contributed by atoms with Crippen molar-refractivity contribution in [2.45, 2.75) is 19.9 Å². The number of aromatic nitrogens is 4. The number of nitrogens with one attached hydrogen (secondary N) is 2. The van der Waals surface area contributed by atoms with Crippen LogP contribution in [-0.4, -0.2) is 26.0 Å². The van der Waals surface area contributed by atoms with Crippen molar-refractivity contribution >= 4 is 17.0 Å². The number of nitrogens with zero attached hydrogens (tertiary/aromatic N) is 3. The Balaban J connectivity index is 2.35. The van der Waals surface area contributed by atoms with Gasteiger partial charge in [-0.3, -0.25) is 0 Å². The maximum Gasteiger partial charge on any atom is 0.182 e. The molecule has 0 aliphatic heterocycles. The molecule has 0 bridgehead atoms. The van der Waals surface area contributed by atoms with Crippen LogP contribution in [0.2, 0.25) is 0 Å². The topological polar surface area (TPSA) is 66.5 Å². The van der Waals surface area contributed by atoms with Gasteiger partial charge in [0.1, 0.15) is 11.8 Å². The number of imidazole rings is 1. The lowest BCUT2D eigenvalue weighted by molar-refractivity contribution is 0.917. The fraction of sp³-hybridized carbons (Fsp3) is 0.300. The molecule has 0 spiro atoms. The van der Waals surface area contributed by atoms with E-state index < -0.39 is 0 Å². The first-order valence-corrected chi connectivity index (χ1v) is 4.74. The van der Waals surface area contributed by atoms with Crippen LogP contribution < -0.4 is 5.32 Å². The SMILES string of the molecule is C=C(C)C(C)Nc1ncnc2nc[nH]c12. The van der Waals surface area contributed by atoms with Gasteiger partial charge >= 0.3 is 0 Å². The van der Waals surface area contributed by atoms with Crippen LogP contribution in [0.1, 0.15) is 13.8 Å². The Morgan fingerprint density at radius 1 is 1.47 bits per heavy atom. The molecule has 0 radical (unpaired) electrons. The first kappa shape index (κ1) is 9.64. The smallest absolute Gasteiger partial charge is 0.182 e. The Kier molecular flexibility index (Phi) is 2.37. The monoisotopic (exact) mass is 203 g/mol. The molecule has 2 N–H and O–H groups in total. The molecule has 0 aliphatic rings. The fourth-order valence-corrected chi connectivity index (χ4v) is 1.20. The maximum absolute atomic E-state index is 4.17. The maximum atomic E-state index is 4.17. The Bertz CT molecular complexity index is 487. The first-order chi connectivity index (χ1) is 7.18. The highest BCUT2D eigenvalue weighted by Crippen LogP contribution is 2.16. The lowest BCUT2D eigenvalue weighted by atomic mass is 10.2. The Morgan fingerprint density at radius 2 is 2.27 bits per heavy atom. The van der Waals surface area contributed by atoms with E-state index in [1.54, 1.807) is 6.33 Å². The molecule has 0 saturated heterocycles. The van der Waals surface area contributed by atoms with Gasteiger partial charge in [-0.25, -0.2) is 15.0 Å². The molecule has 1 atom stereocenters. The summed E-state index contributed by atoms with van der Waals surface area (Å²) in [6, 6.07) is 0.173. The minimum absolute atomic E-state index is 0.173. The van der Waals surface area contributed by atoms with Gasteiger partial charge in [-0.2, -0.15) is 0 Å². The lowest BCUT2D eigenvalue weighted by Crippen LogP contribution is -2.17. The van der Waals surface area contributed by atoms with Crippen LogP contribution in [0.5, 0.6) is 0 Å². The van der Waals surface area contributed by atoms with Crippen LogP contribution in [0.3, 0.4) is 0 Å². The zero-order chi connectivity index (χ0) is 10.8. The summed E-state index contributed by atoms with van der Waals surface area (Å²) < 4.78 is 0. The van der Waals surface area contributed by atoms with Crippen molar-refractivity contribution in [2.75, 3.05) is 5.32 Å². The molecule has 2 aromatic heterocycles. The predicted octanol–water partition coefficient (Wildman–Crippen LogP) is 1.73. The van der Waals surface area contributed by atoms with E-state index in [1.165, 1.54) is 6.33 Å². The van der Waals surface area contributed by atoms with E-state index >= 15 is 0 Å². The third-order valence-electron chi connectivity index (χ3n) is 2.32. The molecule has 0 fully saturated rings. The lowest BCUT2D eigenvalue weighted by Gasteiger charge is -2.13. The molecule has 78 valence electrons. The summed E-state index contributed by atoms with van der Waals surface area (Å²) in [7, 11) is 0. The number of anilines is 1. The Labute approximate surface area is 87.7 Å². The van der Waals surface area contributed by atoms with Crippen LogP contribution in [0.25, 0.3) is 11.2 Å². The van der Waals surface area contributed by atoms with Crippen LogP contribution in [0.15, 0.2) is 24.8 Å². The van der Waals surface area contributed by atoms with E-state index in [0.29, 0.717) is 5.65 Å². The molecule has 0 aromatic carbocycles. The van der Waals surface area contributed by atoms with Crippen molar-refractivity contribution in [2.24, 2.45) is 0 Å². The summed E-state index contributed by atoms with van der Waals surface area (Å²) in [4.78, 5) is 15.3. The molecular weight excluding hydrogens is 190 g/mol. The van der Waals surface area contributed by atoms with Gasteiger partial charge in [0.05, 0.1) is 6.33 Å². The minimum atomic E-state index is 0.173. The number of fused-ring (bicyclic) bond motifs is 1. The second-order valence-electron chi connectivity index (χ2n) is 3.54. The molecule has 0 aliphatic carbocycles. The second-order valence-corrected chi connectivity index (χ2v) is 3.54. The highest BCUT2D eigenvalue weighted by Gasteiger charge is 2.08. The molecule has 2 rings (SSSR count). The molecule has 2 aromatic rings. The van der Waals surface area contributed by atoms with Crippen molar-refractivity contribution in [1.82, 2.24) is 19.9 Å². The highest BCUT2D eigenvalue weighted by molar-refractivity contribution is 5.82. The average Bonchev–Trinajstić information content (AvgIpc) is 2.66. The van der Waals surface area contributed by atoms with E-state index in [-0.39, 0.29) is 6.04 Å². The van der Waals surface area contributed by atoms with Crippen LogP contribution in [-0.2, 0) is 0 Å². The van der Waals surface area contributed by atoms with Gasteiger partial charge < -0.3 is 10.3 Å². The Morgan fingerprint density at radius 3 is 3.00 bits per heavy atom. The quantitative estimate of drug-likeness (QED) is 0.745. The summed E-state index contributed by atoms with van der Waals surface area (Å²) in [6.07, 6.45) is 3.10. The van der Waals surface area contributed by atoms with Crippen molar-refractivity contribution in [3.05, 3.63) is 24.8 Å². The Hall–Kier alpha value is -1.91. The summed E-state index contributed by atoms with van der Waals surface area (Å²) >= 11 is 0. The molecular formula is C10H13N5. The van der Waals surface area contributed by atoms with Gasteiger partial charge in [-0.05, 0) is 13.8 Å². The number of hydrogen-bond donors (Lipinski definition) is 2. The van der Waals surface area contributed by atoms with Crippen LogP contribution in [0, 0.1) is 0 Å². The number of rotatable bonds is 3. The van der Waals surface area contributed by atoms with Gasteiger partial charge in [0.2, 0.25) is 0 Å². The van der Waals surface area contributed by atoms with E-state index in [0.717, 1.165) is 16.9 Å². The third kappa shape index (κ3) is 1.81. The zero-order valence-electron chi connectivity index (χ0n) is 8.78. The van der Waals surface area contributed by atoms with Crippen LogP contribution >= 0.6 is 0 Å². The van der Waals surface area contributed by atoms with Crippen molar-refractivity contribution in [3.8, 4) is 0 Å². The van der Waals surface area contributed by atoms with Crippen molar-refractivity contribution in [1.29, 1.82) is 0 Å². The normalized spacial score (nSPS) is 12.7. The molecule has 5 heteroatoms. The van der Waals surface area contributed by atoms with Gasteiger partial charge in [-0.1, -0.05) is 12.2 Å². The van der Waals surface area contributed by atoms with Gasteiger partial charge in [0.15, 0.2) is 11.5 Å². The van der Waals surface area contributed by atoms with Crippen LogP contribution in [0.4, 0.5) is 5.82 Å². The second kappa shape index (κ2) is 3.68. The standard InChI is InChI=1S/C10H13N5/c1-6(2)7(3)15-10-8-9(12-4-11-8)13-5-14-10/h4-5,7H,1H2,2-3H3,(H2,11,12,13,14,15). The van der Waals surface area contributed by atoms with E-state index in [4.69, 9.17) is 0 Å². The summed E-state index contributed by atoms with van der Waals surface area (Å²) in [5.41, 5.74) is 2.55. The summed E-state index contributed by atoms with van der Waals surface area (Å²) in [6.45, 7) is 7.90. The van der Waals surface area contributed by atoms with Gasteiger partial charge in [-0.15, -0.1) is 0 Å². The van der Waals surface area contributed by atoms with Gasteiger partial charge in [0, 0.05) is 6.04 Å². The predicted molar refractivity (Wildman–Crippen MR) is 59.6 cm³/mol. The molecule has 0 amide bonds. The molecule has 1 unspecified atom stereocenters. The molecule has 15 heavy (non-hydrogen) atoms. The fourth-order valence-electron chi connectivity index (χ4n) is 1.20. The number of H-pyrrole nitrogens is 1. The highest BCUT2D eigenvalue weighted by atomic mass is 15.1. The largest absolute Gasteiger partial charge is 0.362 e. The molecule has 0 saturated carbocycles. The molecule has 5 nitrogen and oxygen atoms in total. The third-order valence-corrected chi connectivity index (χ3v) is 2.32. The van der Waals surface area contributed by atoms with Crippen molar-refractivity contribution in [3.63, 3.8) is 0 Å². The van der Waals surface area contributed by atoms with Crippen molar-refractivity contribution < 1.29 is 0 Å². The summed E-state index contributed by atoms with van der Waals surface area (Å²) in [5.74, 6) is 0.757. The average molecular weight is 203 g/mol. The number of hydrogen-bond acceptors (Lipinski definition) is 4. The minimum Gasteiger partial charge on any atom is -0.362 e. The summed E-state index contributed by atoms with van der Waals surface area (Å²) in [5, 5.41) is 3.25. The van der Waals surface area contributed by atoms with E-state index in [9.17, 15) is 0 Å². The molecule has 2 heterocycles. The first-order valence-electron chi connectivity index (χ1n) is 4.74.